The van der Waals surface area contributed by atoms with Gasteiger partial charge in [-0.1, -0.05) is 0 Å². The average molecular weight is 264 g/mol. The van der Waals surface area contributed by atoms with E-state index in [2.05, 4.69) is 19.6 Å². The lowest BCUT2D eigenvalue weighted by atomic mass is 10.2. The lowest BCUT2D eigenvalue weighted by molar-refractivity contribution is 0.392. The maximum Gasteiger partial charge on any atom is 0.336 e. The van der Waals surface area contributed by atoms with Gasteiger partial charge in [-0.05, 0) is 31.8 Å². The predicted molar refractivity (Wildman–Crippen MR) is 73.0 cm³/mol. The molecule has 0 aliphatic heterocycles. The topological polar surface area (TPSA) is 48.7 Å². The van der Waals surface area contributed by atoms with E-state index in [1.165, 1.54) is 6.07 Å². The molecule has 96 valence electrons. The van der Waals surface area contributed by atoms with Gasteiger partial charge in [-0.15, -0.1) is 0 Å². The molecule has 0 fully saturated rings. The number of fused-ring (bicyclic) bond motifs is 1. The molecule has 1 aromatic heterocycles. The Labute approximate surface area is 106 Å². The summed E-state index contributed by atoms with van der Waals surface area (Å²) in [5.41, 5.74) is 0.142. The largest absolute Gasteiger partial charge is 0.542 e. The van der Waals surface area contributed by atoms with Crippen molar-refractivity contribution in [3.8, 4) is 11.5 Å². The van der Waals surface area contributed by atoms with E-state index in [0.29, 0.717) is 17.1 Å². The number of benzene rings is 1. The van der Waals surface area contributed by atoms with Crippen LogP contribution in [0.15, 0.2) is 33.5 Å². The van der Waals surface area contributed by atoms with Crippen molar-refractivity contribution in [2.75, 3.05) is 7.11 Å². The predicted octanol–water partition coefficient (Wildman–Crippen LogP) is 3.02. The Bertz CT molecular complexity index is 625. The third kappa shape index (κ3) is 2.73. The van der Waals surface area contributed by atoms with Crippen LogP contribution in [0.2, 0.25) is 19.6 Å². The Morgan fingerprint density at radius 3 is 2.44 bits per heavy atom. The first-order valence-electron chi connectivity index (χ1n) is 5.70. The molecule has 1 heterocycles. The molecule has 2 rings (SSSR count). The molecule has 1 aromatic carbocycles. The smallest absolute Gasteiger partial charge is 0.336 e. The van der Waals surface area contributed by atoms with Crippen LogP contribution in [-0.2, 0) is 0 Å². The third-order valence-electron chi connectivity index (χ3n) is 2.32. The molecule has 0 N–H and O–H groups in total. The highest BCUT2D eigenvalue weighted by molar-refractivity contribution is 6.70. The van der Waals surface area contributed by atoms with Crippen LogP contribution >= 0.6 is 0 Å². The minimum Gasteiger partial charge on any atom is -0.542 e. The zero-order chi connectivity index (χ0) is 13.3. The zero-order valence-corrected chi connectivity index (χ0v) is 11.9. The van der Waals surface area contributed by atoms with E-state index in [9.17, 15) is 4.79 Å². The normalized spacial score (nSPS) is 11.6. The summed E-state index contributed by atoms with van der Waals surface area (Å²) in [7, 11) is -0.152. The zero-order valence-electron chi connectivity index (χ0n) is 10.9. The van der Waals surface area contributed by atoms with Gasteiger partial charge in [0.15, 0.2) is 5.75 Å². The molecule has 0 bridgehead atoms. The van der Waals surface area contributed by atoms with Crippen molar-refractivity contribution in [1.29, 1.82) is 0 Å². The molecule has 0 atom stereocenters. The number of hydrogen-bond acceptors (Lipinski definition) is 4. The molecular weight excluding hydrogens is 248 g/mol. The maximum absolute atomic E-state index is 11.2. The van der Waals surface area contributed by atoms with Crippen LogP contribution in [0.1, 0.15) is 0 Å². The summed E-state index contributed by atoms with van der Waals surface area (Å²) in [5.74, 6) is 1.28. The molecule has 0 saturated carbocycles. The van der Waals surface area contributed by atoms with Crippen LogP contribution in [0.4, 0.5) is 0 Å². The Balaban J connectivity index is 2.60. The van der Waals surface area contributed by atoms with Gasteiger partial charge in [-0.25, -0.2) is 4.79 Å². The summed E-state index contributed by atoms with van der Waals surface area (Å²) < 4.78 is 16.4. The molecule has 18 heavy (non-hydrogen) atoms. The quantitative estimate of drug-likeness (QED) is 0.631. The summed E-state index contributed by atoms with van der Waals surface area (Å²) >= 11 is 0. The van der Waals surface area contributed by atoms with E-state index >= 15 is 0 Å². The van der Waals surface area contributed by atoms with E-state index in [-0.39, 0.29) is 5.63 Å². The Morgan fingerprint density at radius 1 is 1.11 bits per heavy atom. The van der Waals surface area contributed by atoms with Gasteiger partial charge in [0.25, 0.3) is 0 Å². The van der Waals surface area contributed by atoms with Crippen LogP contribution in [0.5, 0.6) is 11.5 Å². The van der Waals surface area contributed by atoms with Gasteiger partial charge in [-0.2, -0.15) is 0 Å². The first-order valence-corrected chi connectivity index (χ1v) is 9.11. The van der Waals surface area contributed by atoms with Gasteiger partial charge in [0.1, 0.15) is 11.3 Å². The summed E-state index contributed by atoms with van der Waals surface area (Å²) in [6.45, 7) is 6.24. The van der Waals surface area contributed by atoms with Crippen molar-refractivity contribution in [1.82, 2.24) is 0 Å². The third-order valence-corrected chi connectivity index (χ3v) is 3.15. The van der Waals surface area contributed by atoms with E-state index in [1.807, 2.05) is 6.07 Å². The van der Waals surface area contributed by atoms with Crippen molar-refractivity contribution >= 4 is 19.3 Å². The van der Waals surface area contributed by atoms with Gasteiger partial charge >= 0.3 is 5.63 Å². The monoisotopic (exact) mass is 264 g/mol. The van der Waals surface area contributed by atoms with Crippen molar-refractivity contribution < 1.29 is 13.6 Å². The molecule has 0 aliphatic rings. The second-order valence-electron chi connectivity index (χ2n) is 5.01. The van der Waals surface area contributed by atoms with Gasteiger partial charge in [-0.3, -0.25) is 0 Å². The number of rotatable bonds is 3. The van der Waals surface area contributed by atoms with Crippen molar-refractivity contribution in [2.45, 2.75) is 19.6 Å². The molecule has 0 unspecified atom stereocenters. The van der Waals surface area contributed by atoms with Crippen LogP contribution in [-0.4, -0.2) is 15.4 Å². The molecule has 2 aromatic rings. The second kappa shape index (κ2) is 4.49. The SMILES string of the molecule is COc1cc2ccc(=O)oc2cc1O[Si](C)(C)C. The molecule has 0 aliphatic carbocycles. The Kier molecular flexibility index (Phi) is 3.17. The van der Waals surface area contributed by atoms with E-state index < -0.39 is 8.32 Å². The van der Waals surface area contributed by atoms with Crippen molar-refractivity contribution in [3.05, 3.63) is 34.7 Å². The van der Waals surface area contributed by atoms with Gasteiger partial charge in [0.05, 0.1) is 7.11 Å². The highest BCUT2D eigenvalue weighted by atomic mass is 28.4. The molecule has 4 nitrogen and oxygen atoms in total. The maximum atomic E-state index is 11.2. The Hall–Kier alpha value is -1.75. The standard InChI is InChI=1S/C13H16O4Si/c1-15-11-7-9-5-6-13(14)16-10(9)8-12(11)17-18(2,3)4/h5-8H,1-4H3. The molecule has 0 spiro atoms. The van der Waals surface area contributed by atoms with Crippen LogP contribution in [0, 0.1) is 0 Å². The minimum absolute atomic E-state index is 0.369. The fraction of sp³-hybridized carbons (Fsp3) is 0.308. The van der Waals surface area contributed by atoms with Crippen LogP contribution in [0.3, 0.4) is 0 Å². The van der Waals surface area contributed by atoms with Gasteiger partial charge in [0.2, 0.25) is 8.32 Å². The molecule has 0 saturated heterocycles. The second-order valence-corrected chi connectivity index (χ2v) is 9.44. The highest BCUT2D eigenvalue weighted by Crippen LogP contribution is 2.33. The Morgan fingerprint density at radius 2 is 1.83 bits per heavy atom. The number of methoxy groups -OCH3 is 1. The lowest BCUT2D eigenvalue weighted by Crippen LogP contribution is -2.29. The fourth-order valence-corrected chi connectivity index (χ4v) is 2.46. The molecule has 5 heteroatoms. The lowest BCUT2D eigenvalue weighted by Gasteiger charge is -2.21. The average Bonchev–Trinajstić information content (AvgIpc) is 2.25. The summed E-state index contributed by atoms with van der Waals surface area (Å²) in [6, 6.07) is 6.63. The number of ether oxygens (including phenoxy) is 1. The van der Waals surface area contributed by atoms with E-state index in [1.54, 1.807) is 19.2 Å². The van der Waals surface area contributed by atoms with Crippen molar-refractivity contribution in [3.63, 3.8) is 0 Å². The highest BCUT2D eigenvalue weighted by Gasteiger charge is 2.19. The molecule has 0 amide bonds. The first kappa shape index (κ1) is 12.7. The summed E-state index contributed by atoms with van der Waals surface area (Å²) in [5, 5.41) is 0.814. The van der Waals surface area contributed by atoms with Gasteiger partial charge in [0, 0.05) is 17.5 Å². The summed E-state index contributed by atoms with van der Waals surface area (Å²) in [4.78, 5) is 11.2. The fourth-order valence-electron chi connectivity index (χ4n) is 1.65. The first-order chi connectivity index (χ1) is 8.39. The van der Waals surface area contributed by atoms with Crippen LogP contribution in [0.25, 0.3) is 11.0 Å². The van der Waals surface area contributed by atoms with Gasteiger partial charge < -0.3 is 13.6 Å². The minimum atomic E-state index is -1.75. The molecular formula is C13H16O4Si. The van der Waals surface area contributed by atoms with Crippen molar-refractivity contribution in [2.24, 2.45) is 0 Å². The van der Waals surface area contributed by atoms with E-state index in [4.69, 9.17) is 13.6 Å². The van der Waals surface area contributed by atoms with Crippen LogP contribution < -0.4 is 14.8 Å². The molecule has 0 radical (unpaired) electrons. The van der Waals surface area contributed by atoms with E-state index in [0.717, 1.165) is 5.39 Å². The number of hydrogen-bond donors (Lipinski definition) is 0. The summed E-state index contributed by atoms with van der Waals surface area (Å²) in [6.07, 6.45) is 0.